The van der Waals surface area contributed by atoms with E-state index in [0.717, 1.165) is 36.0 Å². The summed E-state index contributed by atoms with van der Waals surface area (Å²) < 4.78 is 0. The van der Waals surface area contributed by atoms with Crippen molar-refractivity contribution in [1.82, 2.24) is 4.90 Å². The van der Waals surface area contributed by atoms with E-state index in [1.54, 1.807) is 0 Å². The van der Waals surface area contributed by atoms with Gasteiger partial charge >= 0.3 is 0 Å². The van der Waals surface area contributed by atoms with E-state index < -0.39 is 6.10 Å². The fraction of sp³-hybridized carbons (Fsp3) is 0.296. The highest BCUT2D eigenvalue weighted by Gasteiger charge is 2.38. The first-order chi connectivity index (χ1) is 14.7. The molecule has 0 spiro atoms. The minimum absolute atomic E-state index is 0.0401. The van der Waals surface area contributed by atoms with E-state index >= 15 is 0 Å². The second-order valence-electron chi connectivity index (χ2n) is 8.13. The van der Waals surface area contributed by atoms with Crippen LogP contribution in [0.3, 0.4) is 0 Å². The van der Waals surface area contributed by atoms with Crippen molar-refractivity contribution in [1.29, 1.82) is 0 Å². The van der Waals surface area contributed by atoms with Gasteiger partial charge in [0.1, 0.15) is 0 Å². The topological polar surface area (TPSA) is 40.5 Å². The molecule has 0 bridgehead atoms. The summed E-state index contributed by atoms with van der Waals surface area (Å²) in [6, 6.07) is 25.7. The average molecular weight is 400 g/mol. The van der Waals surface area contributed by atoms with Crippen molar-refractivity contribution in [2.24, 2.45) is 0 Å². The first kappa shape index (κ1) is 20.4. The summed E-state index contributed by atoms with van der Waals surface area (Å²) in [6.07, 6.45) is 3.32. The number of amides is 1. The number of benzene rings is 3. The van der Waals surface area contributed by atoms with Crippen LogP contribution in [0.15, 0.2) is 78.9 Å². The van der Waals surface area contributed by atoms with Gasteiger partial charge in [0.25, 0.3) is 5.91 Å². The lowest BCUT2D eigenvalue weighted by molar-refractivity contribution is 0.0384. The zero-order valence-corrected chi connectivity index (χ0v) is 17.5. The number of carbonyl (C=O) groups is 1. The second-order valence-corrected chi connectivity index (χ2v) is 8.13. The SMILES string of the molecule is CCCCc1ccc(C(=O)N(Cc2ccccc2)[C@@H]2c3ccccc3C[C@@H]2O)cc1. The van der Waals surface area contributed by atoms with E-state index in [9.17, 15) is 9.90 Å². The molecule has 30 heavy (non-hydrogen) atoms. The summed E-state index contributed by atoms with van der Waals surface area (Å²) >= 11 is 0. The third-order valence-corrected chi connectivity index (χ3v) is 5.98. The van der Waals surface area contributed by atoms with E-state index in [4.69, 9.17) is 0 Å². The molecule has 0 saturated heterocycles. The van der Waals surface area contributed by atoms with Crippen molar-refractivity contribution in [2.75, 3.05) is 0 Å². The molecule has 0 fully saturated rings. The number of carbonyl (C=O) groups excluding carboxylic acids is 1. The van der Waals surface area contributed by atoms with Crippen LogP contribution in [0.1, 0.15) is 58.4 Å². The summed E-state index contributed by atoms with van der Waals surface area (Å²) in [5.74, 6) is -0.0401. The first-order valence-corrected chi connectivity index (χ1v) is 10.9. The minimum Gasteiger partial charge on any atom is -0.390 e. The molecule has 3 heteroatoms. The van der Waals surface area contributed by atoms with Crippen molar-refractivity contribution < 1.29 is 9.90 Å². The van der Waals surface area contributed by atoms with E-state index in [0.29, 0.717) is 18.5 Å². The predicted octanol–water partition coefficient (Wildman–Crippen LogP) is 5.33. The molecule has 4 rings (SSSR count). The standard InChI is InChI=1S/C27H29NO2/c1-2-3-9-20-14-16-22(17-15-20)27(30)28(19-21-10-5-4-6-11-21)26-24-13-8-7-12-23(24)18-25(26)29/h4-8,10-17,25-26,29H,2-3,9,18-19H2,1H3/t25-,26+/m0/s1. The van der Waals surface area contributed by atoms with Gasteiger partial charge in [0.2, 0.25) is 0 Å². The lowest BCUT2D eigenvalue weighted by Gasteiger charge is -2.32. The largest absolute Gasteiger partial charge is 0.390 e. The Morgan fingerprint density at radius 3 is 2.37 bits per heavy atom. The average Bonchev–Trinajstić information content (AvgIpc) is 3.12. The summed E-state index contributed by atoms with van der Waals surface area (Å²) in [7, 11) is 0. The molecule has 0 aliphatic heterocycles. The Labute approximate surface area is 179 Å². The van der Waals surface area contributed by atoms with E-state index in [1.165, 1.54) is 5.56 Å². The van der Waals surface area contributed by atoms with Gasteiger partial charge in [-0.2, -0.15) is 0 Å². The van der Waals surface area contributed by atoms with Crippen molar-refractivity contribution in [3.8, 4) is 0 Å². The van der Waals surface area contributed by atoms with Crippen LogP contribution in [0.2, 0.25) is 0 Å². The molecule has 2 atom stereocenters. The molecule has 0 radical (unpaired) electrons. The van der Waals surface area contributed by atoms with Gasteiger partial charge < -0.3 is 10.0 Å². The molecule has 0 aromatic heterocycles. The molecule has 3 aromatic rings. The molecule has 1 aliphatic rings. The molecule has 1 amide bonds. The highest BCUT2D eigenvalue weighted by atomic mass is 16.3. The van der Waals surface area contributed by atoms with Crippen LogP contribution in [-0.4, -0.2) is 22.0 Å². The molecule has 3 aromatic carbocycles. The molecule has 0 saturated carbocycles. The molecule has 1 N–H and O–H groups in total. The first-order valence-electron chi connectivity index (χ1n) is 10.9. The highest BCUT2D eigenvalue weighted by Crippen LogP contribution is 2.37. The van der Waals surface area contributed by atoms with Gasteiger partial charge in [0.15, 0.2) is 0 Å². The molecule has 0 unspecified atom stereocenters. The maximum atomic E-state index is 13.6. The van der Waals surface area contributed by atoms with Crippen molar-refractivity contribution >= 4 is 5.91 Å². The summed E-state index contributed by atoms with van der Waals surface area (Å²) in [6.45, 7) is 2.65. The number of aliphatic hydroxyl groups is 1. The third-order valence-electron chi connectivity index (χ3n) is 5.98. The van der Waals surface area contributed by atoms with Crippen molar-refractivity contribution in [2.45, 2.75) is 51.3 Å². The van der Waals surface area contributed by atoms with Crippen LogP contribution in [-0.2, 0) is 19.4 Å². The van der Waals surface area contributed by atoms with E-state index in [2.05, 4.69) is 19.1 Å². The normalized spacial score (nSPS) is 17.5. The Balaban J connectivity index is 1.66. The summed E-state index contributed by atoms with van der Waals surface area (Å²) in [4.78, 5) is 15.5. The molecule has 1 aliphatic carbocycles. The van der Waals surface area contributed by atoms with Gasteiger partial charge in [-0.15, -0.1) is 0 Å². The van der Waals surface area contributed by atoms with Crippen LogP contribution in [0, 0.1) is 0 Å². The molecule has 0 heterocycles. The lowest BCUT2D eigenvalue weighted by atomic mass is 10.0. The lowest BCUT2D eigenvalue weighted by Crippen LogP contribution is -2.38. The molecule has 154 valence electrons. The fourth-order valence-corrected chi connectivity index (χ4v) is 4.37. The molecular formula is C27H29NO2. The Morgan fingerprint density at radius 2 is 1.63 bits per heavy atom. The van der Waals surface area contributed by atoms with Gasteiger partial charge in [-0.3, -0.25) is 4.79 Å². The van der Waals surface area contributed by atoms with E-state index in [1.807, 2.05) is 71.6 Å². The monoisotopic (exact) mass is 399 g/mol. The van der Waals surface area contributed by atoms with Gasteiger partial charge in [-0.1, -0.05) is 80.1 Å². The van der Waals surface area contributed by atoms with Crippen molar-refractivity contribution in [3.63, 3.8) is 0 Å². The highest BCUT2D eigenvalue weighted by molar-refractivity contribution is 5.94. The third kappa shape index (κ3) is 4.31. The Bertz CT molecular complexity index is 981. The summed E-state index contributed by atoms with van der Waals surface area (Å²) in [5.41, 5.74) is 5.16. The van der Waals surface area contributed by atoms with Crippen LogP contribution < -0.4 is 0 Å². The number of rotatable bonds is 7. The summed E-state index contributed by atoms with van der Waals surface area (Å²) in [5, 5.41) is 10.9. The van der Waals surface area contributed by atoms with Gasteiger partial charge in [-0.25, -0.2) is 0 Å². The maximum absolute atomic E-state index is 13.6. The zero-order valence-electron chi connectivity index (χ0n) is 17.5. The number of aryl methyl sites for hydroxylation is 1. The number of hydrogen-bond donors (Lipinski definition) is 1. The molecular weight excluding hydrogens is 370 g/mol. The quantitative estimate of drug-likeness (QED) is 0.583. The fourth-order valence-electron chi connectivity index (χ4n) is 4.37. The van der Waals surface area contributed by atoms with Crippen LogP contribution >= 0.6 is 0 Å². The number of fused-ring (bicyclic) bond motifs is 1. The smallest absolute Gasteiger partial charge is 0.254 e. The van der Waals surface area contributed by atoms with Gasteiger partial charge in [0.05, 0.1) is 12.1 Å². The number of unbranched alkanes of at least 4 members (excludes halogenated alkanes) is 1. The number of nitrogens with zero attached hydrogens (tertiary/aromatic N) is 1. The number of hydrogen-bond acceptors (Lipinski definition) is 2. The second kappa shape index (κ2) is 9.27. The van der Waals surface area contributed by atoms with Crippen LogP contribution in [0.5, 0.6) is 0 Å². The minimum atomic E-state index is -0.598. The number of aliphatic hydroxyl groups excluding tert-OH is 1. The van der Waals surface area contributed by atoms with Crippen LogP contribution in [0.4, 0.5) is 0 Å². The Morgan fingerprint density at radius 1 is 0.933 bits per heavy atom. The Hall–Kier alpha value is -2.91. The van der Waals surface area contributed by atoms with Crippen molar-refractivity contribution in [3.05, 3.63) is 107 Å². The van der Waals surface area contributed by atoms with Gasteiger partial charge in [0, 0.05) is 18.5 Å². The Kier molecular flexibility index (Phi) is 6.29. The predicted molar refractivity (Wildman–Crippen MR) is 120 cm³/mol. The molecule has 3 nitrogen and oxygen atoms in total. The van der Waals surface area contributed by atoms with Gasteiger partial charge in [-0.05, 0) is 47.2 Å². The van der Waals surface area contributed by atoms with E-state index in [-0.39, 0.29) is 11.9 Å². The zero-order chi connectivity index (χ0) is 20.9. The van der Waals surface area contributed by atoms with Crippen LogP contribution in [0.25, 0.3) is 0 Å². The maximum Gasteiger partial charge on any atom is 0.254 e.